The Labute approximate surface area is 234 Å². The van der Waals surface area contributed by atoms with Crippen LogP contribution in [0.3, 0.4) is 0 Å². The molecule has 1 amide bonds. The van der Waals surface area contributed by atoms with Crippen LogP contribution in [0.2, 0.25) is 0 Å². The van der Waals surface area contributed by atoms with Crippen LogP contribution < -0.4 is 15.5 Å². The van der Waals surface area contributed by atoms with Crippen molar-refractivity contribution < 1.29 is 14.6 Å². The number of aromatic nitrogens is 4. The standard InChI is InChI=1S/C29H34N8O3/c1-29(2,3)40-28(39)37-18-20(19-37)9-10-25-31-12-11-26(32-25)36-14-6-13-35(15-16-36)23-17-22(33-34-27(23)30)21-7-4-5-8-24(21)38/h4-5,7-8,11-12,17,20,38H,6,13-16,18-19H2,1-3H3,(H2,30,34). The van der Waals surface area contributed by atoms with Gasteiger partial charge in [0.05, 0.1) is 17.3 Å². The molecule has 2 aromatic heterocycles. The summed E-state index contributed by atoms with van der Waals surface area (Å²) in [6.07, 6.45) is 2.31. The lowest BCUT2D eigenvalue weighted by atomic mass is 10.0. The zero-order valence-electron chi connectivity index (χ0n) is 23.0. The second-order valence-corrected chi connectivity index (χ2v) is 10.9. The van der Waals surface area contributed by atoms with Crippen molar-refractivity contribution in [3.8, 4) is 28.8 Å². The number of phenols is 1. The van der Waals surface area contributed by atoms with E-state index in [9.17, 15) is 9.90 Å². The zero-order chi connectivity index (χ0) is 28.3. The van der Waals surface area contributed by atoms with E-state index in [0.29, 0.717) is 42.5 Å². The first-order valence-corrected chi connectivity index (χ1v) is 13.4. The van der Waals surface area contributed by atoms with Crippen LogP contribution in [0.15, 0.2) is 42.6 Å². The quantitative estimate of drug-likeness (QED) is 0.475. The molecule has 11 nitrogen and oxygen atoms in total. The van der Waals surface area contributed by atoms with Gasteiger partial charge in [0.15, 0.2) is 5.82 Å². The van der Waals surface area contributed by atoms with Crippen molar-refractivity contribution >= 4 is 23.4 Å². The summed E-state index contributed by atoms with van der Waals surface area (Å²) >= 11 is 0. The number of carbonyl (C=O) groups is 1. The molecule has 0 radical (unpaired) electrons. The molecule has 11 heteroatoms. The van der Waals surface area contributed by atoms with E-state index in [1.165, 1.54) is 0 Å². The van der Waals surface area contributed by atoms with Crippen LogP contribution in [0.25, 0.3) is 11.3 Å². The maximum absolute atomic E-state index is 12.1. The molecular weight excluding hydrogens is 508 g/mol. The molecule has 2 saturated heterocycles. The highest BCUT2D eigenvalue weighted by Crippen LogP contribution is 2.32. The number of rotatable bonds is 3. The number of anilines is 3. The van der Waals surface area contributed by atoms with E-state index >= 15 is 0 Å². The lowest BCUT2D eigenvalue weighted by Crippen LogP contribution is -2.51. The number of hydrogen-bond acceptors (Lipinski definition) is 10. The van der Waals surface area contributed by atoms with Crippen molar-refractivity contribution in [2.75, 3.05) is 54.8 Å². The number of aromatic hydroxyl groups is 1. The zero-order valence-corrected chi connectivity index (χ0v) is 23.0. The maximum Gasteiger partial charge on any atom is 0.410 e. The van der Waals surface area contributed by atoms with Crippen LogP contribution in [0.4, 0.5) is 22.1 Å². The monoisotopic (exact) mass is 542 g/mol. The van der Waals surface area contributed by atoms with Gasteiger partial charge in [0, 0.05) is 51.0 Å². The summed E-state index contributed by atoms with van der Waals surface area (Å²) in [6.45, 7) is 9.70. The summed E-state index contributed by atoms with van der Waals surface area (Å²) in [5.74, 6) is 8.13. The van der Waals surface area contributed by atoms with E-state index in [1.54, 1.807) is 29.3 Å². The Morgan fingerprint density at radius 3 is 2.60 bits per heavy atom. The lowest BCUT2D eigenvalue weighted by Gasteiger charge is -2.37. The van der Waals surface area contributed by atoms with Gasteiger partial charge < -0.3 is 30.3 Å². The van der Waals surface area contributed by atoms with Gasteiger partial charge in [-0.3, -0.25) is 0 Å². The van der Waals surface area contributed by atoms with Crippen LogP contribution in [0, 0.1) is 17.8 Å². The van der Waals surface area contributed by atoms with Gasteiger partial charge in [0.25, 0.3) is 0 Å². The molecule has 4 heterocycles. The second-order valence-electron chi connectivity index (χ2n) is 10.9. The molecule has 0 bridgehead atoms. The lowest BCUT2D eigenvalue weighted by molar-refractivity contribution is 0.00591. The van der Waals surface area contributed by atoms with E-state index in [1.807, 2.05) is 39.0 Å². The van der Waals surface area contributed by atoms with E-state index in [4.69, 9.17) is 15.5 Å². The van der Waals surface area contributed by atoms with Gasteiger partial charge >= 0.3 is 6.09 Å². The third-order valence-electron chi connectivity index (χ3n) is 6.70. The second kappa shape index (κ2) is 11.3. The molecule has 3 aromatic rings. The number of nitrogens with zero attached hydrogens (tertiary/aromatic N) is 7. The van der Waals surface area contributed by atoms with E-state index in [-0.39, 0.29) is 17.8 Å². The van der Waals surface area contributed by atoms with Crippen molar-refractivity contribution in [1.82, 2.24) is 25.1 Å². The number of likely N-dealkylation sites (tertiary alicyclic amines) is 1. The number of nitrogen functional groups attached to an aromatic ring is 1. The van der Waals surface area contributed by atoms with Crippen LogP contribution in [-0.2, 0) is 4.74 Å². The minimum absolute atomic E-state index is 0.0774. The number of para-hydroxylation sites is 1. The summed E-state index contributed by atoms with van der Waals surface area (Å²) in [6, 6.07) is 10.8. The number of carbonyl (C=O) groups excluding carboxylic acids is 1. The Morgan fingerprint density at radius 1 is 1.07 bits per heavy atom. The van der Waals surface area contributed by atoms with Crippen molar-refractivity contribution in [2.24, 2.45) is 5.92 Å². The fourth-order valence-electron chi connectivity index (χ4n) is 4.65. The highest BCUT2D eigenvalue weighted by atomic mass is 16.6. The summed E-state index contributed by atoms with van der Waals surface area (Å²) < 4.78 is 5.40. The Morgan fingerprint density at radius 2 is 1.82 bits per heavy atom. The van der Waals surface area contributed by atoms with Gasteiger partial charge in [-0.15, -0.1) is 10.2 Å². The highest BCUT2D eigenvalue weighted by Gasteiger charge is 2.32. The fraction of sp³-hybridized carbons (Fsp3) is 0.414. The number of benzene rings is 1. The molecule has 208 valence electrons. The Hall–Kier alpha value is -4.59. The van der Waals surface area contributed by atoms with Gasteiger partial charge in [-0.2, -0.15) is 0 Å². The fourth-order valence-corrected chi connectivity index (χ4v) is 4.65. The van der Waals surface area contributed by atoms with Crippen molar-refractivity contribution in [2.45, 2.75) is 32.8 Å². The minimum Gasteiger partial charge on any atom is -0.507 e. The van der Waals surface area contributed by atoms with Gasteiger partial charge in [0.1, 0.15) is 17.2 Å². The molecule has 0 aliphatic carbocycles. The van der Waals surface area contributed by atoms with Crippen LogP contribution >= 0.6 is 0 Å². The van der Waals surface area contributed by atoms with Gasteiger partial charge in [-0.25, -0.2) is 14.8 Å². The predicted molar refractivity (Wildman–Crippen MR) is 153 cm³/mol. The summed E-state index contributed by atoms with van der Waals surface area (Å²) in [4.78, 5) is 27.2. The molecule has 0 saturated carbocycles. The van der Waals surface area contributed by atoms with Crippen LogP contribution in [-0.4, -0.2) is 81.1 Å². The largest absolute Gasteiger partial charge is 0.507 e. The average molecular weight is 543 g/mol. The summed E-state index contributed by atoms with van der Waals surface area (Å²) in [5.41, 5.74) is 7.69. The molecule has 40 heavy (non-hydrogen) atoms. The first kappa shape index (κ1) is 27.0. The first-order valence-electron chi connectivity index (χ1n) is 13.4. The van der Waals surface area contributed by atoms with Crippen molar-refractivity contribution in [3.63, 3.8) is 0 Å². The predicted octanol–water partition coefficient (Wildman–Crippen LogP) is 3.16. The average Bonchev–Trinajstić information content (AvgIpc) is 3.14. The Bertz CT molecular complexity index is 1440. The molecule has 0 atom stereocenters. The smallest absolute Gasteiger partial charge is 0.410 e. The Balaban J connectivity index is 1.22. The van der Waals surface area contributed by atoms with E-state index in [2.05, 4.69) is 36.8 Å². The summed E-state index contributed by atoms with van der Waals surface area (Å²) in [5, 5.41) is 18.6. The van der Waals surface area contributed by atoms with Gasteiger partial charge in [-0.1, -0.05) is 18.1 Å². The maximum atomic E-state index is 12.1. The molecule has 1 aromatic carbocycles. The number of ether oxygens (including phenoxy) is 1. The van der Waals surface area contributed by atoms with E-state index in [0.717, 1.165) is 37.6 Å². The van der Waals surface area contributed by atoms with Crippen molar-refractivity contribution in [3.05, 3.63) is 48.4 Å². The molecule has 0 unspecified atom stereocenters. The van der Waals surface area contributed by atoms with Crippen molar-refractivity contribution in [1.29, 1.82) is 0 Å². The molecule has 3 N–H and O–H groups in total. The SMILES string of the molecule is CC(C)(C)OC(=O)N1CC(C#Cc2nccc(N3CCCN(c4cc(-c5ccccc5O)nnc4N)CC3)n2)C1. The molecular formula is C29H34N8O3. The third kappa shape index (κ3) is 6.34. The number of amides is 1. The summed E-state index contributed by atoms with van der Waals surface area (Å²) in [7, 11) is 0. The topological polar surface area (TPSA) is 134 Å². The van der Waals surface area contributed by atoms with Crippen LogP contribution in [0.5, 0.6) is 5.75 Å². The molecule has 2 fully saturated rings. The molecule has 5 rings (SSSR count). The molecule has 0 spiro atoms. The van der Waals surface area contributed by atoms with Gasteiger partial charge in [0.2, 0.25) is 5.82 Å². The number of nitrogens with two attached hydrogens (primary N) is 1. The molecule has 2 aliphatic heterocycles. The normalized spacial score (nSPS) is 16.0. The molecule has 2 aliphatic rings. The third-order valence-corrected chi connectivity index (χ3v) is 6.70. The number of hydrogen-bond donors (Lipinski definition) is 2. The van der Waals surface area contributed by atoms with Crippen LogP contribution in [0.1, 0.15) is 33.0 Å². The minimum atomic E-state index is -0.511. The first-order chi connectivity index (χ1) is 19.2. The number of phenolic OH excluding ortho intramolecular Hbond substituents is 1. The Kier molecular flexibility index (Phi) is 7.60. The highest BCUT2D eigenvalue weighted by molar-refractivity contribution is 5.74. The van der Waals surface area contributed by atoms with E-state index < -0.39 is 5.60 Å². The van der Waals surface area contributed by atoms with Gasteiger partial charge in [-0.05, 0) is 57.4 Å².